The van der Waals surface area contributed by atoms with Crippen molar-refractivity contribution in [3.8, 4) is 0 Å². The van der Waals surface area contributed by atoms with Gasteiger partial charge in [-0.1, -0.05) is 6.92 Å². The lowest BCUT2D eigenvalue weighted by atomic mass is 9.93. The van der Waals surface area contributed by atoms with E-state index in [4.69, 9.17) is 5.73 Å². The van der Waals surface area contributed by atoms with E-state index in [9.17, 15) is 0 Å². The first kappa shape index (κ1) is 12.9. The molecule has 19 heavy (non-hydrogen) atoms. The Morgan fingerprint density at radius 2 is 2.42 bits per heavy atom. The molecule has 0 aromatic carbocycles. The molecule has 1 aliphatic rings. The number of thiazole rings is 1. The van der Waals surface area contributed by atoms with Crippen LogP contribution < -0.4 is 5.73 Å². The molecule has 2 N–H and O–H groups in total. The molecule has 2 unspecified atom stereocenters. The van der Waals surface area contributed by atoms with Gasteiger partial charge >= 0.3 is 0 Å². The van der Waals surface area contributed by atoms with Gasteiger partial charge in [-0.05, 0) is 37.8 Å². The molecule has 0 spiro atoms. The maximum Gasteiger partial charge on any atom is 0.0970 e. The SMILES string of the molecule is Cc1cc2c(n1CC(C)c1nccs1)CCCC2N. The molecule has 0 bridgehead atoms. The zero-order valence-corrected chi connectivity index (χ0v) is 12.4. The predicted octanol–water partition coefficient (Wildman–Crippen LogP) is 3.39. The highest BCUT2D eigenvalue weighted by molar-refractivity contribution is 7.09. The topological polar surface area (TPSA) is 43.8 Å². The highest BCUT2D eigenvalue weighted by Crippen LogP contribution is 2.32. The number of aromatic nitrogens is 2. The number of nitrogens with two attached hydrogens (primary N) is 1. The van der Waals surface area contributed by atoms with E-state index in [1.807, 2.05) is 6.20 Å². The number of hydrogen-bond donors (Lipinski definition) is 1. The van der Waals surface area contributed by atoms with Crippen molar-refractivity contribution in [1.82, 2.24) is 9.55 Å². The highest BCUT2D eigenvalue weighted by Gasteiger charge is 2.23. The summed E-state index contributed by atoms with van der Waals surface area (Å²) in [4.78, 5) is 4.43. The van der Waals surface area contributed by atoms with Crippen molar-refractivity contribution in [3.05, 3.63) is 39.6 Å². The summed E-state index contributed by atoms with van der Waals surface area (Å²) < 4.78 is 2.46. The predicted molar refractivity (Wildman–Crippen MR) is 79.6 cm³/mol. The van der Waals surface area contributed by atoms with Gasteiger partial charge in [-0.25, -0.2) is 4.98 Å². The van der Waals surface area contributed by atoms with Crippen molar-refractivity contribution in [3.63, 3.8) is 0 Å². The third-order valence-electron chi connectivity index (χ3n) is 4.11. The van der Waals surface area contributed by atoms with E-state index in [1.165, 1.54) is 34.8 Å². The van der Waals surface area contributed by atoms with Crippen LogP contribution in [-0.2, 0) is 13.0 Å². The molecule has 3 nitrogen and oxygen atoms in total. The summed E-state index contributed by atoms with van der Waals surface area (Å²) >= 11 is 1.75. The monoisotopic (exact) mass is 275 g/mol. The summed E-state index contributed by atoms with van der Waals surface area (Å²) in [5.41, 5.74) is 10.4. The summed E-state index contributed by atoms with van der Waals surface area (Å²) in [6, 6.07) is 2.52. The highest BCUT2D eigenvalue weighted by atomic mass is 32.1. The van der Waals surface area contributed by atoms with Gasteiger partial charge < -0.3 is 10.3 Å². The van der Waals surface area contributed by atoms with Gasteiger partial charge in [0.05, 0.1) is 5.01 Å². The van der Waals surface area contributed by atoms with Crippen LogP contribution in [0, 0.1) is 6.92 Å². The maximum absolute atomic E-state index is 6.23. The minimum atomic E-state index is 0.235. The summed E-state index contributed by atoms with van der Waals surface area (Å²) in [6.07, 6.45) is 5.40. The fourth-order valence-electron chi connectivity index (χ4n) is 3.08. The Hall–Kier alpha value is -1.13. The minimum absolute atomic E-state index is 0.235. The van der Waals surface area contributed by atoms with Gasteiger partial charge in [0.15, 0.2) is 0 Å². The van der Waals surface area contributed by atoms with Crippen LogP contribution in [0.3, 0.4) is 0 Å². The summed E-state index contributed by atoms with van der Waals surface area (Å²) in [5, 5.41) is 3.28. The Bertz CT molecular complexity index is 556. The Kier molecular flexibility index (Phi) is 3.46. The van der Waals surface area contributed by atoms with Gasteiger partial charge in [-0.2, -0.15) is 0 Å². The molecule has 0 saturated heterocycles. The fourth-order valence-corrected chi connectivity index (χ4v) is 3.77. The van der Waals surface area contributed by atoms with Crippen LogP contribution in [0.1, 0.15) is 53.7 Å². The van der Waals surface area contributed by atoms with E-state index in [0.717, 1.165) is 13.0 Å². The number of nitrogens with zero attached hydrogens (tertiary/aromatic N) is 2. The zero-order valence-electron chi connectivity index (χ0n) is 11.6. The van der Waals surface area contributed by atoms with Crippen molar-refractivity contribution in [2.24, 2.45) is 5.73 Å². The van der Waals surface area contributed by atoms with Crippen molar-refractivity contribution >= 4 is 11.3 Å². The lowest BCUT2D eigenvalue weighted by molar-refractivity contribution is 0.515. The summed E-state index contributed by atoms with van der Waals surface area (Å²) in [7, 11) is 0. The lowest BCUT2D eigenvalue weighted by Gasteiger charge is -2.22. The van der Waals surface area contributed by atoms with Crippen molar-refractivity contribution in [2.45, 2.75) is 51.6 Å². The van der Waals surface area contributed by atoms with Crippen molar-refractivity contribution < 1.29 is 0 Å². The number of rotatable bonds is 3. The van der Waals surface area contributed by atoms with Crippen LogP contribution in [0.15, 0.2) is 17.6 Å². The smallest absolute Gasteiger partial charge is 0.0970 e. The Balaban J connectivity index is 1.89. The molecule has 2 atom stereocenters. The molecule has 2 heterocycles. The van der Waals surface area contributed by atoms with E-state index < -0.39 is 0 Å². The molecule has 0 fully saturated rings. The normalized spacial score (nSPS) is 20.3. The second-order valence-electron chi connectivity index (χ2n) is 5.57. The van der Waals surface area contributed by atoms with E-state index in [0.29, 0.717) is 5.92 Å². The molecule has 1 aliphatic carbocycles. The Labute approximate surface area is 118 Å². The second kappa shape index (κ2) is 5.10. The zero-order chi connectivity index (χ0) is 13.4. The molecule has 4 heteroatoms. The molecule has 0 aliphatic heterocycles. The average molecular weight is 275 g/mol. The van der Waals surface area contributed by atoms with E-state index >= 15 is 0 Å². The van der Waals surface area contributed by atoms with Crippen LogP contribution in [0.25, 0.3) is 0 Å². The van der Waals surface area contributed by atoms with Crippen LogP contribution in [0.4, 0.5) is 0 Å². The molecular weight excluding hydrogens is 254 g/mol. The Morgan fingerprint density at radius 1 is 1.58 bits per heavy atom. The first-order valence-electron chi connectivity index (χ1n) is 7.00. The largest absolute Gasteiger partial charge is 0.348 e. The molecule has 0 amide bonds. The van der Waals surface area contributed by atoms with Gasteiger partial charge in [-0.15, -0.1) is 11.3 Å². The first-order chi connectivity index (χ1) is 9.16. The van der Waals surface area contributed by atoms with E-state index in [2.05, 4.69) is 34.8 Å². The third kappa shape index (κ3) is 2.35. The van der Waals surface area contributed by atoms with Gasteiger partial charge in [0.25, 0.3) is 0 Å². The standard InChI is InChI=1S/C15H21N3S/c1-10(15-17-6-7-19-15)9-18-11(2)8-12-13(16)4-3-5-14(12)18/h6-8,10,13H,3-5,9,16H2,1-2H3. The van der Waals surface area contributed by atoms with Crippen LogP contribution in [0.2, 0.25) is 0 Å². The van der Waals surface area contributed by atoms with Gasteiger partial charge in [-0.3, -0.25) is 0 Å². The van der Waals surface area contributed by atoms with Gasteiger partial charge in [0, 0.05) is 41.5 Å². The molecule has 2 aromatic rings. The number of fused-ring (bicyclic) bond motifs is 1. The molecule has 102 valence electrons. The van der Waals surface area contributed by atoms with E-state index in [-0.39, 0.29) is 6.04 Å². The molecule has 0 saturated carbocycles. The first-order valence-corrected chi connectivity index (χ1v) is 7.88. The van der Waals surface area contributed by atoms with Crippen LogP contribution in [-0.4, -0.2) is 9.55 Å². The van der Waals surface area contributed by atoms with Gasteiger partial charge in [0.1, 0.15) is 0 Å². The van der Waals surface area contributed by atoms with Crippen LogP contribution >= 0.6 is 11.3 Å². The quantitative estimate of drug-likeness (QED) is 0.933. The number of aryl methyl sites for hydroxylation is 1. The lowest BCUT2D eigenvalue weighted by Crippen LogP contribution is -2.19. The number of hydrogen-bond acceptors (Lipinski definition) is 3. The van der Waals surface area contributed by atoms with Crippen molar-refractivity contribution in [2.75, 3.05) is 0 Å². The average Bonchev–Trinajstić information content (AvgIpc) is 3.00. The Morgan fingerprint density at radius 3 is 3.16 bits per heavy atom. The minimum Gasteiger partial charge on any atom is -0.348 e. The summed E-state index contributed by atoms with van der Waals surface area (Å²) in [6.45, 7) is 5.47. The molecular formula is C15H21N3S. The maximum atomic E-state index is 6.23. The molecule has 3 rings (SSSR count). The third-order valence-corrected chi connectivity index (χ3v) is 5.11. The molecule has 0 radical (unpaired) electrons. The van der Waals surface area contributed by atoms with E-state index in [1.54, 1.807) is 11.3 Å². The summed E-state index contributed by atoms with van der Waals surface area (Å²) in [5.74, 6) is 0.466. The van der Waals surface area contributed by atoms with Gasteiger partial charge in [0.2, 0.25) is 0 Å². The van der Waals surface area contributed by atoms with Crippen molar-refractivity contribution in [1.29, 1.82) is 0 Å². The fraction of sp³-hybridized carbons (Fsp3) is 0.533. The van der Waals surface area contributed by atoms with Crippen LogP contribution in [0.5, 0.6) is 0 Å². The second-order valence-corrected chi connectivity index (χ2v) is 6.49. The molecule has 2 aromatic heterocycles.